The van der Waals surface area contributed by atoms with Gasteiger partial charge in [-0.15, -0.1) is 0 Å². The van der Waals surface area contributed by atoms with Gasteiger partial charge in [-0.1, -0.05) is 0 Å². The van der Waals surface area contributed by atoms with Crippen LogP contribution in [0, 0.1) is 0 Å². The molecule has 2 N–H and O–H groups in total. The molecule has 0 bridgehead atoms. The number of hydrogen-bond donors (Lipinski definition) is 2. The van der Waals surface area contributed by atoms with E-state index < -0.39 is 17.5 Å². The Morgan fingerprint density at radius 1 is 1.56 bits per heavy atom. The van der Waals surface area contributed by atoms with Crippen molar-refractivity contribution >= 4 is 0 Å². The molecule has 1 fully saturated rings. The number of aromatic nitrogens is 2. The quantitative estimate of drug-likeness (QED) is 0.747. The van der Waals surface area contributed by atoms with Crippen LogP contribution in [0.4, 0.5) is 0 Å². The molecule has 1 aliphatic rings. The Bertz CT molecular complexity index is 521. The van der Waals surface area contributed by atoms with E-state index in [1.165, 1.54) is 17.9 Å². The maximum Gasteiger partial charge on any atom is 0.330 e. The first kappa shape index (κ1) is 13.0. The highest BCUT2D eigenvalue weighted by Gasteiger charge is 2.27. The Balaban J connectivity index is 2.30. The van der Waals surface area contributed by atoms with E-state index in [2.05, 4.69) is 4.98 Å². The second-order valence-electron chi connectivity index (χ2n) is 4.23. The molecule has 100 valence electrons. The summed E-state index contributed by atoms with van der Waals surface area (Å²) >= 11 is 0. The Hall–Kier alpha value is -1.44. The van der Waals surface area contributed by atoms with Crippen molar-refractivity contribution in [1.82, 2.24) is 9.55 Å². The standard InChI is InChI=1S/C11H16N2O5/c1-17-6-7-4-13(11(16)12-10(7)15)9-3-2-8(5-14)18-9/h4,8-9,14H,2-3,5-6H2,1H3,(H,12,15,16)/t8-,9-/m0/s1. The number of H-pyrrole nitrogens is 1. The monoisotopic (exact) mass is 256 g/mol. The third-order valence-corrected chi connectivity index (χ3v) is 2.94. The van der Waals surface area contributed by atoms with Crippen molar-refractivity contribution in [2.24, 2.45) is 0 Å². The molecule has 0 amide bonds. The number of nitrogens with zero attached hydrogens (tertiary/aromatic N) is 1. The number of hydrogen-bond acceptors (Lipinski definition) is 5. The number of aromatic amines is 1. The molecule has 2 heterocycles. The van der Waals surface area contributed by atoms with E-state index >= 15 is 0 Å². The van der Waals surface area contributed by atoms with E-state index in [-0.39, 0.29) is 19.3 Å². The summed E-state index contributed by atoms with van der Waals surface area (Å²) in [5.41, 5.74) is -0.591. The normalized spacial score (nSPS) is 23.4. The zero-order valence-corrected chi connectivity index (χ0v) is 10.1. The number of ether oxygens (including phenoxy) is 2. The third-order valence-electron chi connectivity index (χ3n) is 2.94. The molecule has 0 aliphatic carbocycles. The second kappa shape index (κ2) is 5.47. The van der Waals surface area contributed by atoms with Crippen molar-refractivity contribution in [3.8, 4) is 0 Å². The highest BCUT2D eigenvalue weighted by molar-refractivity contribution is 5.03. The van der Waals surface area contributed by atoms with Gasteiger partial charge in [0.05, 0.1) is 24.9 Å². The highest BCUT2D eigenvalue weighted by Crippen LogP contribution is 2.26. The van der Waals surface area contributed by atoms with Crippen molar-refractivity contribution in [3.05, 3.63) is 32.6 Å². The maximum atomic E-state index is 11.7. The van der Waals surface area contributed by atoms with Gasteiger partial charge in [0.25, 0.3) is 5.56 Å². The lowest BCUT2D eigenvalue weighted by molar-refractivity contribution is -0.0249. The topological polar surface area (TPSA) is 93.6 Å². The van der Waals surface area contributed by atoms with Crippen molar-refractivity contribution in [1.29, 1.82) is 0 Å². The molecule has 7 nitrogen and oxygen atoms in total. The molecule has 7 heteroatoms. The lowest BCUT2D eigenvalue weighted by Crippen LogP contribution is -2.34. The van der Waals surface area contributed by atoms with Crippen LogP contribution in [0.5, 0.6) is 0 Å². The van der Waals surface area contributed by atoms with E-state index in [1.54, 1.807) is 0 Å². The summed E-state index contributed by atoms with van der Waals surface area (Å²) in [6.07, 6.45) is 2.08. The summed E-state index contributed by atoms with van der Waals surface area (Å²) in [4.78, 5) is 25.4. The minimum Gasteiger partial charge on any atom is -0.394 e. The van der Waals surface area contributed by atoms with Gasteiger partial charge in [-0.3, -0.25) is 14.3 Å². The molecule has 0 spiro atoms. The molecule has 0 radical (unpaired) electrons. The first-order valence-electron chi connectivity index (χ1n) is 5.75. The smallest absolute Gasteiger partial charge is 0.330 e. The van der Waals surface area contributed by atoms with Gasteiger partial charge in [0.15, 0.2) is 0 Å². The van der Waals surface area contributed by atoms with Gasteiger partial charge >= 0.3 is 5.69 Å². The van der Waals surface area contributed by atoms with Crippen LogP contribution in [0.1, 0.15) is 24.6 Å². The molecule has 1 aromatic rings. The van der Waals surface area contributed by atoms with Crippen LogP contribution in [0.2, 0.25) is 0 Å². The fraction of sp³-hybridized carbons (Fsp3) is 0.636. The van der Waals surface area contributed by atoms with Gasteiger partial charge in [0.2, 0.25) is 0 Å². The fourth-order valence-electron chi connectivity index (χ4n) is 2.02. The molecule has 1 aliphatic heterocycles. The van der Waals surface area contributed by atoms with Crippen LogP contribution >= 0.6 is 0 Å². The first-order chi connectivity index (χ1) is 8.65. The van der Waals surface area contributed by atoms with Crippen molar-refractivity contribution < 1.29 is 14.6 Å². The minimum atomic E-state index is -0.511. The predicted octanol–water partition coefficient (Wildman–Crippen LogP) is -0.647. The van der Waals surface area contributed by atoms with E-state index in [9.17, 15) is 9.59 Å². The zero-order valence-electron chi connectivity index (χ0n) is 10.1. The Morgan fingerprint density at radius 3 is 2.94 bits per heavy atom. The van der Waals surface area contributed by atoms with E-state index in [4.69, 9.17) is 14.6 Å². The van der Waals surface area contributed by atoms with E-state index in [0.717, 1.165) is 0 Å². The van der Waals surface area contributed by atoms with Gasteiger partial charge < -0.3 is 14.6 Å². The summed E-state index contributed by atoms with van der Waals surface area (Å²) in [6, 6.07) is 0. The number of nitrogens with one attached hydrogen (secondary N) is 1. The van der Waals surface area contributed by atoms with Crippen LogP contribution in [0.15, 0.2) is 15.8 Å². The second-order valence-corrected chi connectivity index (χ2v) is 4.23. The summed E-state index contributed by atoms with van der Waals surface area (Å²) in [5, 5.41) is 8.99. The molecule has 18 heavy (non-hydrogen) atoms. The molecule has 0 aromatic carbocycles. The van der Waals surface area contributed by atoms with E-state index in [1.807, 2.05) is 0 Å². The van der Waals surface area contributed by atoms with Crippen LogP contribution in [0.3, 0.4) is 0 Å². The summed E-state index contributed by atoms with van der Waals surface area (Å²) in [6.45, 7) is 0.0608. The summed E-state index contributed by atoms with van der Waals surface area (Å²) < 4.78 is 11.7. The van der Waals surface area contributed by atoms with Crippen LogP contribution in [-0.2, 0) is 16.1 Å². The first-order valence-corrected chi connectivity index (χ1v) is 5.75. The lowest BCUT2D eigenvalue weighted by Gasteiger charge is -2.15. The molecule has 1 saturated heterocycles. The van der Waals surface area contributed by atoms with Crippen molar-refractivity contribution in [3.63, 3.8) is 0 Å². The molecule has 2 atom stereocenters. The number of aliphatic hydroxyl groups is 1. The summed E-state index contributed by atoms with van der Waals surface area (Å²) in [7, 11) is 1.47. The van der Waals surface area contributed by atoms with Gasteiger partial charge in [-0.05, 0) is 12.8 Å². The fourth-order valence-corrected chi connectivity index (χ4v) is 2.02. The van der Waals surface area contributed by atoms with Gasteiger partial charge in [0, 0.05) is 13.3 Å². The molecular weight excluding hydrogens is 240 g/mol. The predicted molar refractivity (Wildman–Crippen MR) is 62.3 cm³/mol. The maximum absolute atomic E-state index is 11.7. The molecule has 1 aromatic heterocycles. The molecule has 0 saturated carbocycles. The third kappa shape index (κ3) is 2.53. The van der Waals surface area contributed by atoms with Crippen LogP contribution < -0.4 is 11.2 Å². The van der Waals surface area contributed by atoms with Crippen molar-refractivity contribution in [2.45, 2.75) is 31.8 Å². The molecule has 0 unspecified atom stereocenters. The number of methoxy groups -OCH3 is 1. The SMILES string of the molecule is COCc1cn([C@@H]2CC[C@@H](CO)O2)c(=O)[nH]c1=O. The molecular formula is C11H16N2O5. The Morgan fingerprint density at radius 2 is 2.33 bits per heavy atom. The average Bonchev–Trinajstić information content (AvgIpc) is 2.81. The summed E-state index contributed by atoms with van der Waals surface area (Å²) in [5.74, 6) is 0. The Kier molecular flexibility index (Phi) is 3.95. The van der Waals surface area contributed by atoms with Crippen LogP contribution in [0.25, 0.3) is 0 Å². The highest BCUT2D eigenvalue weighted by atomic mass is 16.5. The molecule has 2 rings (SSSR count). The van der Waals surface area contributed by atoms with Crippen LogP contribution in [-0.4, -0.2) is 34.5 Å². The Labute approximate surface area is 103 Å². The number of aliphatic hydroxyl groups excluding tert-OH is 1. The van der Waals surface area contributed by atoms with Gasteiger partial charge in [0.1, 0.15) is 6.23 Å². The zero-order chi connectivity index (χ0) is 13.1. The lowest BCUT2D eigenvalue weighted by atomic mass is 10.2. The van der Waals surface area contributed by atoms with E-state index in [0.29, 0.717) is 18.4 Å². The van der Waals surface area contributed by atoms with Crippen molar-refractivity contribution in [2.75, 3.05) is 13.7 Å². The van der Waals surface area contributed by atoms with Gasteiger partial charge in [-0.2, -0.15) is 0 Å². The largest absolute Gasteiger partial charge is 0.394 e. The van der Waals surface area contributed by atoms with Gasteiger partial charge in [-0.25, -0.2) is 4.79 Å². The number of rotatable bonds is 4. The average molecular weight is 256 g/mol. The minimum absolute atomic E-state index is 0.0699.